The number of hydrogen-bond donors (Lipinski definition) is 2. The van der Waals surface area contributed by atoms with Crippen LogP contribution in [0.4, 0.5) is 0 Å². The standard InChI is InChI=1S/C13H12N2O3/c1-9-5-6-12(18-9)8-14-15-13(17)10-3-2-4-11(16)7-10/h2-8,16H,1H3,(H,15,17)/b14-8-. The lowest BCUT2D eigenvalue weighted by molar-refractivity contribution is 0.0954. The molecule has 0 aliphatic heterocycles. The predicted octanol–water partition coefficient (Wildman–Crippen LogP) is 2.06. The zero-order chi connectivity index (χ0) is 13.0. The average Bonchev–Trinajstić information content (AvgIpc) is 2.75. The number of nitrogens with one attached hydrogen (secondary N) is 1. The first kappa shape index (κ1) is 11.9. The molecule has 2 N–H and O–H groups in total. The van der Waals surface area contributed by atoms with Gasteiger partial charge in [-0.3, -0.25) is 4.79 Å². The predicted molar refractivity (Wildman–Crippen MR) is 66.6 cm³/mol. The highest BCUT2D eigenvalue weighted by Gasteiger charge is 2.04. The second kappa shape index (κ2) is 5.18. The lowest BCUT2D eigenvalue weighted by Crippen LogP contribution is -2.17. The molecule has 0 aliphatic carbocycles. The molecule has 1 amide bonds. The van der Waals surface area contributed by atoms with Gasteiger partial charge in [-0.2, -0.15) is 5.10 Å². The molecular weight excluding hydrogens is 232 g/mol. The summed E-state index contributed by atoms with van der Waals surface area (Å²) in [6, 6.07) is 9.58. The van der Waals surface area contributed by atoms with E-state index in [1.54, 1.807) is 24.3 Å². The van der Waals surface area contributed by atoms with Crippen molar-refractivity contribution in [2.75, 3.05) is 0 Å². The Hall–Kier alpha value is -2.56. The Morgan fingerprint density at radius 3 is 2.89 bits per heavy atom. The number of aromatic hydroxyl groups is 1. The van der Waals surface area contributed by atoms with E-state index in [4.69, 9.17) is 4.42 Å². The van der Waals surface area contributed by atoms with Gasteiger partial charge >= 0.3 is 0 Å². The van der Waals surface area contributed by atoms with Gasteiger partial charge in [0.1, 0.15) is 17.3 Å². The smallest absolute Gasteiger partial charge is 0.271 e. The van der Waals surface area contributed by atoms with Crippen LogP contribution in [-0.4, -0.2) is 17.2 Å². The number of amides is 1. The summed E-state index contributed by atoms with van der Waals surface area (Å²) in [5, 5.41) is 13.0. The minimum atomic E-state index is -0.398. The molecule has 0 aliphatic rings. The van der Waals surface area contributed by atoms with E-state index in [2.05, 4.69) is 10.5 Å². The maximum Gasteiger partial charge on any atom is 0.271 e. The third kappa shape index (κ3) is 2.98. The third-order valence-electron chi connectivity index (χ3n) is 2.23. The van der Waals surface area contributed by atoms with Crippen molar-refractivity contribution in [2.24, 2.45) is 5.10 Å². The van der Waals surface area contributed by atoms with E-state index in [1.165, 1.54) is 18.3 Å². The monoisotopic (exact) mass is 244 g/mol. The van der Waals surface area contributed by atoms with Crippen molar-refractivity contribution in [3.05, 3.63) is 53.5 Å². The number of phenols is 1. The summed E-state index contributed by atoms with van der Waals surface area (Å²) in [6.07, 6.45) is 1.41. The first-order chi connectivity index (χ1) is 8.65. The summed E-state index contributed by atoms with van der Waals surface area (Å²) < 4.78 is 5.25. The van der Waals surface area contributed by atoms with E-state index in [9.17, 15) is 9.90 Å². The van der Waals surface area contributed by atoms with Crippen molar-refractivity contribution >= 4 is 12.1 Å². The SMILES string of the molecule is Cc1ccc(/C=N\NC(=O)c2cccc(O)c2)o1. The highest BCUT2D eigenvalue weighted by atomic mass is 16.3. The van der Waals surface area contributed by atoms with Gasteiger partial charge < -0.3 is 9.52 Å². The average molecular weight is 244 g/mol. The number of hydrogen-bond acceptors (Lipinski definition) is 4. The van der Waals surface area contributed by atoms with Gasteiger partial charge in [0.2, 0.25) is 0 Å². The number of aryl methyl sites for hydroxylation is 1. The number of rotatable bonds is 3. The molecule has 5 nitrogen and oxygen atoms in total. The first-order valence-electron chi connectivity index (χ1n) is 5.34. The normalized spacial score (nSPS) is 10.7. The molecule has 0 radical (unpaired) electrons. The zero-order valence-corrected chi connectivity index (χ0v) is 9.75. The molecule has 18 heavy (non-hydrogen) atoms. The highest BCUT2D eigenvalue weighted by molar-refractivity contribution is 5.95. The van der Waals surface area contributed by atoms with Crippen molar-refractivity contribution in [3.63, 3.8) is 0 Å². The van der Waals surface area contributed by atoms with Crippen molar-refractivity contribution in [1.29, 1.82) is 0 Å². The van der Waals surface area contributed by atoms with E-state index in [0.29, 0.717) is 11.3 Å². The van der Waals surface area contributed by atoms with Gasteiger partial charge in [-0.05, 0) is 37.3 Å². The van der Waals surface area contributed by atoms with Crippen LogP contribution in [0.15, 0.2) is 45.9 Å². The summed E-state index contributed by atoms with van der Waals surface area (Å²) in [4.78, 5) is 11.6. The fourth-order valence-electron chi connectivity index (χ4n) is 1.39. The molecule has 0 unspecified atom stereocenters. The van der Waals surface area contributed by atoms with E-state index < -0.39 is 5.91 Å². The topological polar surface area (TPSA) is 74.8 Å². The van der Waals surface area contributed by atoms with Crippen LogP contribution >= 0.6 is 0 Å². The second-order valence-corrected chi connectivity index (χ2v) is 3.70. The molecule has 0 spiro atoms. The molecule has 0 saturated carbocycles. The van der Waals surface area contributed by atoms with Crippen LogP contribution < -0.4 is 5.43 Å². The Morgan fingerprint density at radius 2 is 2.22 bits per heavy atom. The van der Waals surface area contributed by atoms with Gasteiger partial charge in [-0.25, -0.2) is 5.43 Å². The molecule has 2 rings (SSSR count). The number of phenolic OH excluding ortho intramolecular Hbond substituents is 1. The van der Waals surface area contributed by atoms with Gasteiger partial charge in [0, 0.05) is 5.56 Å². The second-order valence-electron chi connectivity index (χ2n) is 3.70. The van der Waals surface area contributed by atoms with E-state index in [0.717, 1.165) is 5.76 Å². The molecule has 1 aromatic carbocycles. The van der Waals surface area contributed by atoms with E-state index in [1.807, 2.05) is 6.92 Å². The van der Waals surface area contributed by atoms with Gasteiger partial charge in [-0.1, -0.05) is 6.07 Å². The maximum atomic E-state index is 11.6. The Bertz CT molecular complexity index is 587. The Kier molecular flexibility index (Phi) is 3.43. The van der Waals surface area contributed by atoms with Crippen LogP contribution in [0.2, 0.25) is 0 Å². The van der Waals surface area contributed by atoms with Crippen LogP contribution in [0, 0.1) is 6.92 Å². The molecule has 0 saturated heterocycles. The number of nitrogens with zero attached hydrogens (tertiary/aromatic N) is 1. The van der Waals surface area contributed by atoms with Gasteiger partial charge in [-0.15, -0.1) is 0 Å². The van der Waals surface area contributed by atoms with Crippen LogP contribution in [0.3, 0.4) is 0 Å². The summed E-state index contributed by atoms with van der Waals surface area (Å²) in [5.74, 6) is 0.971. The first-order valence-corrected chi connectivity index (χ1v) is 5.34. The lowest BCUT2D eigenvalue weighted by Gasteiger charge is -1.99. The summed E-state index contributed by atoms with van der Waals surface area (Å²) in [5.41, 5.74) is 2.68. The number of benzene rings is 1. The van der Waals surface area contributed by atoms with Crippen LogP contribution in [0.5, 0.6) is 5.75 Å². The van der Waals surface area contributed by atoms with Crippen molar-refractivity contribution < 1.29 is 14.3 Å². The molecule has 2 aromatic rings. The Labute approximate surface area is 104 Å². The van der Waals surface area contributed by atoms with E-state index in [-0.39, 0.29) is 5.75 Å². The Morgan fingerprint density at radius 1 is 1.39 bits per heavy atom. The molecule has 92 valence electrons. The van der Waals surface area contributed by atoms with Crippen molar-refractivity contribution in [2.45, 2.75) is 6.92 Å². The van der Waals surface area contributed by atoms with Gasteiger partial charge in [0.25, 0.3) is 5.91 Å². The van der Waals surface area contributed by atoms with E-state index >= 15 is 0 Å². The summed E-state index contributed by atoms with van der Waals surface area (Å²) in [6.45, 7) is 1.82. The van der Waals surface area contributed by atoms with Gasteiger partial charge in [0.05, 0.1) is 6.21 Å². The molecule has 1 aromatic heterocycles. The fourth-order valence-corrected chi connectivity index (χ4v) is 1.39. The maximum absolute atomic E-state index is 11.6. The number of carbonyl (C=O) groups is 1. The third-order valence-corrected chi connectivity index (χ3v) is 2.23. The van der Waals surface area contributed by atoms with Crippen LogP contribution in [0.1, 0.15) is 21.9 Å². The number of hydrazone groups is 1. The summed E-state index contributed by atoms with van der Waals surface area (Å²) in [7, 11) is 0. The minimum absolute atomic E-state index is 0.0355. The molecular formula is C13H12N2O3. The highest BCUT2D eigenvalue weighted by Crippen LogP contribution is 2.10. The lowest BCUT2D eigenvalue weighted by atomic mass is 10.2. The van der Waals surface area contributed by atoms with Crippen LogP contribution in [-0.2, 0) is 0 Å². The number of furan rings is 1. The minimum Gasteiger partial charge on any atom is -0.508 e. The largest absolute Gasteiger partial charge is 0.508 e. The summed E-state index contributed by atoms with van der Waals surface area (Å²) >= 11 is 0. The molecule has 0 fully saturated rings. The Balaban J connectivity index is 1.98. The van der Waals surface area contributed by atoms with Crippen molar-refractivity contribution in [1.82, 2.24) is 5.43 Å². The number of carbonyl (C=O) groups excluding carboxylic acids is 1. The molecule has 1 heterocycles. The molecule has 0 bridgehead atoms. The fraction of sp³-hybridized carbons (Fsp3) is 0.0769. The van der Waals surface area contributed by atoms with Gasteiger partial charge in [0.15, 0.2) is 0 Å². The quantitative estimate of drug-likeness (QED) is 0.641. The molecule has 5 heteroatoms. The zero-order valence-electron chi connectivity index (χ0n) is 9.75. The van der Waals surface area contributed by atoms with Crippen molar-refractivity contribution in [3.8, 4) is 5.75 Å². The molecule has 0 atom stereocenters. The van der Waals surface area contributed by atoms with Crippen LogP contribution in [0.25, 0.3) is 0 Å².